The molecule has 92 valence electrons. The Morgan fingerprint density at radius 2 is 1.94 bits per heavy atom. The summed E-state index contributed by atoms with van der Waals surface area (Å²) >= 11 is 7.55. The average Bonchev–Trinajstić information content (AvgIpc) is 2.25. The molecule has 0 N–H and O–H groups in total. The van der Waals surface area contributed by atoms with Crippen LogP contribution in [0.15, 0.2) is 18.2 Å². The molecule has 0 radical (unpaired) electrons. The summed E-state index contributed by atoms with van der Waals surface area (Å²) in [6.45, 7) is 0. The predicted octanol–water partition coefficient (Wildman–Crippen LogP) is 3.30. The number of hydrogen-bond acceptors (Lipinski definition) is 3. The van der Waals surface area contributed by atoms with Gasteiger partial charge in [-0.25, -0.2) is 4.79 Å². The number of Topliss-reactive ketones (excluding diaryl/α,β-unsaturated/α-hetero) is 1. The molecule has 17 heavy (non-hydrogen) atoms. The number of esters is 1. The number of ether oxygens (including phenoxy) is 1. The lowest BCUT2D eigenvalue weighted by Crippen LogP contribution is -2.23. The highest BCUT2D eigenvalue weighted by Crippen LogP contribution is 2.29. The van der Waals surface area contributed by atoms with Crippen molar-refractivity contribution in [3.63, 3.8) is 0 Å². The lowest BCUT2D eigenvalue weighted by molar-refractivity contribution is 0.0559. The van der Waals surface area contributed by atoms with Crippen molar-refractivity contribution in [1.29, 1.82) is 0 Å². The average molecular weight is 328 g/mol. The minimum atomic E-state index is -3.75. The third kappa shape index (κ3) is 3.23. The fourth-order valence-electron chi connectivity index (χ4n) is 1.15. The number of alkyl halides is 3. The highest BCUT2D eigenvalue weighted by Gasteiger charge is 2.38. The molecule has 0 aliphatic carbocycles. The van der Waals surface area contributed by atoms with Gasteiger partial charge in [-0.3, -0.25) is 4.79 Å². The second-order valence-corrected chi connectivity index (χ2v) is 4.44. The fourth-order valence-corrected chi connectivity index (χ4v) is 1.53. The summed E-state index contributed by atoms with van der Waals surface area (Å²) in [6.07, 6.45) is 0. The molecule has 1 rings (SSSR count). The van der Waals surface area contributed by atoms with Crippen molar-refractivity contribution in [2.75, 3.05) is 7.11 Å². The molecule has 0 saturated heterocycles. The smallest absolute Gasteiger partial charge is 0.363 e. The first-order chi connectivity index (χ1) is 7.77. The van der Waals surface area contributed by atoms with Gasteiger partial charge in [0.15, 0.2) is 0 Å². The van der Waals surface area contributed by atoms with Crippen LogP contribution >= 0.6 is 27.5 Å². The van der Waals surface area contributed by atoms with E-state index in [1.165, 1.54) is 6.07 Å². The van der Waals surface area contributed by atoms with E-state index in [1.54, 1.807) is 0 Å². The lowest BCUT2D eigenvalue weighted by Gasteiger charge is -2.10. The van der Waals surface area contributed by atoms with Gasteiger partial charge in [0.25, 0.3) is 0 Å². The number of hydrogen-bond donors (Lipinski definition) is 0. The van der Waals surface area contributed by atoms with Crippen LogP contribution < -0.4 is 0 Å². The van der Waals surface area contributed by atoms with Crippen LogP contribution in [0.4, 0.5) is 8.78 Å². The molecular weight excluding hydrogens is 321 g/mol. The Morgan fingerprint density at radius 3 is 2.41 bits per heavy atom. The van der Waals surface area contributed by atoms with Gasteiger partial charge >= 0.3 is 10.8 Å². The van der Waals surface area contributed by atoms with E-state index in [0.717, 1.165) is 19.2 Å². The van der Waals surface area contributed by atoms with Gasteiger partial charge < -0.3 is 4.74 Å². The van der Waals surface area contributed by atoms with E-state index in [0.29, 0.717) is 0 Å². The molecule has 0 saturated carbocycles. The molecule has 0 bridgehead atoms. The topological polar surface area (TPSA) is 43.4 Å². The van der Waals surface area contributed by atoms with Crippen molar-refractivity contribution in [1.82, 2.24) is 0 Å². The van der Waals surface area contributed by atoms with Crippen LogP contribution in [0, 0.1) is 0 Å². The van der Waals surface area contributed by atoms with Crippen LogP contribution in [0.3, 0.4) is 0 Å². The normalized spacial score (nSPS) is 11.1. The number of methoxy groups -OCH3 is 1. The van der Waals surface area contributed by atoms with Crippen molar-refractivity contribution >= 4 is 39.3 Å². The predicted molar refractivity (Wildman–Crippen MR) is 61.0 cm³/mol. The van der Waals surface area contributed by atoms with E-state index >= 15 is 0 Å². The number of carbonyl (C=O) groups excluding carboxylic acids is 2. The van der Waals surface area contributed by atoms with Gasteiger partial charge in [0.2, 0.25) is 5.78 Å². The van der Waals surface area contributed by atoms with Gasteiger partial charge in [-0.2, -0.15) is 8.78 Å². The van der Waals surface area contributed by atoms with Crippen LogP contribution in [0.25, 0.3) is 0 Å². The SMILES string of the molecule is COC(=O)c1cc(Cl)ccc1C(=O)C(F)(F)Br. The lowest BCUT2D eigenvalue weighted by atomic mass is 10.0. The van der Waals surface area contributed by atoms with Gasteiger partial charge in [-0.1, -0.05) is 11.6 Å². The Labute approximate surface area is 109 Å². The third-order valence-corrected chi connectivity index (χ3v) is 2.48. The number of benzene rings is 1. The summed E-state index contributed by atoms with van der Waals surface area (Å²) in [5, 5.41) is 0.139. The summed E-state index contributed by atoms with van der Waals surface area (Å²) in [5.41, 5.74) is -0.757. The molecule has 3 nitrogen and oxygen atoms in total. The third-order valence-electron chi connectivity index (χ3n) is 1.89. The number of ketones is 1. The number of rotatable bonds is 3. The minimum Gasteiger partial charge on any atom is -0.465 e. The van der Waals surface area contributed by atoms with E-state index in [2.05, 4.69) is 4.74 Å². The van der Waals surface area contributed by atoms with Crippen LogP contribution in [0.1, 0.15) is 20.7 Å². The van der Waals surface area contributed by atoms with E-state index in [1.807, 2.05) is 15.9 Å². The second-order valence-electron chi connectivity index (χ2n) is 3.01. The van der Waals surface area contributed by atoms with Crippen LogP contribution in [-0.4, -0.2) is 23.7 Å². The van der Waals surface area contributed by atoms with E-state index in [9.17, 15) is 18.4 Å². The standard InChI is InChI=1S/C10H6BrClF2O3/c1-17-9(16)7-4-5(12)2-3-6(7)8(15)10(11,13)14/h2-4H,1H3. The fraction of sp³-hybridized carbons (Fsp3) is 0.200. The quantitative estimate of drug-likeness (QED) is 0.486. The summed E-state index contributed by atoms with van der Waals surface area (Å²) in [5.74, 6) is -2.44. The van der Waals surface area contributed by atoms with Crippen molar-refractivity contribution in [2.45, 2.75) is 4.83 Å². The van der Waals surface area contributed by atoms with Crippen LogP contribution in [-0.2, 0) is 4.74 Å². The Kier molecular flexibility index (Phi) is 4.21. The first-order valence-electron chi connectivity index (χ1n) is 4.26. The maximum Gasteiger partial charge on any atom is 0.363 e. The molecule has 1 aromatic carbocycles. The van der Waals surface area contributed by atoms with Crippen molar-refractivity contribution < 1.29 is 23.1 Å². The summed E-state index contributed by atoms with van der Waals surface area (Å²) in [6, 6.07) is 3.38. The molecule has 0 amide bonds. The van der Waals surface area contributed by atoms with Crippen molar-refractivity contribution in [3.05, 3.63) is 34.3 Å². The molecule has 0 aliphatic rings. The Morgan fingerprint density at radius 1 is 1.35 bits per heavy atom. The second kappa shape index (κ2) is 5.10. The van der Waals surface area contributed by atoms with Crippen molar-refractivity contribution in [2.24, 2.45) is 0 Å². The highest BCUT2D eigenvalue weighted by molar-refractivity contribution is 9.10. The van der Waals surface area contributed by atoms with Gasteiger partial charge in [-0.15, -0.1) is 0 Å². The molecule has 0 aromatic heterocycles. The maximum absolute atomic E-state index is 12.8. The molecule has 0 fully saturated rings. The Balaban J connectivity index is 3.34. The highest BCUT2D eigenvalue weighted by atomic mass is 79.9. The Hall–Kier alpha value is -1.01. The molecule has 0 unspecified atom stereocenters. The number of carbonyl (C=O) groups is 2. The maximum atomic E-state index is 12.8. The van der Waals surface area contributed by atoms with Gasteiger partial charge in [-0.05, 0) is 34.1 Å². The van der Waals surface area contributed by atoms with Gasteiger partial charge in [0.05, 0.1) is 12.7 Å². The largest absolute Gasteiger partial charge is 0.465 e. The molecule has 0 atom stereocenters. The zero-order valence-electron chi connectivity index (χ0n) is 8.47. The van der Waals surface area contributed by atoms with Crippen LogP contribution in [0.5, 0.6) is 0 Å². The van der Waals surface area contributed by atoms with E-state index < -0.39 is 22.1 Å². The molecule has 7 heteroatoms. The molecule has 0 spiro atoms. The van der Waals surface area contributed by atoms with E-state index in [4.69, 9.17) is 11.6 Å². The van der Waals surface area contributed by atoms with Crippen LogP contribution in [0.2, 0.25) is 5.02 Å². The minimum absolute atomic E-state index is 0.139. The summed E-state index contributed by atoms with van der Waals surface area (Å²) < 4.78 is 30.0. The zero-order chi connectivity index (χ0) is 13.2. The molecule has 0 aliphatic heterocycles. The number of halogens is 4. The monoisotopic (exact) mass is 326 g/mol. The first-order valence-corrected chi connectivity index (χ1v) is 5.44. The molecule has 1 aromatic rings. The first kappa shape index (κ1) is 14.1. The molecular formula is C10H6BrClF2O3. The van der Waals surface area contributed by atoms with E-state index in [-0.39, 0.29) is 10.6 Å². The Bertz CT molecular complexity index is 471. The molecule has 0 heterocycles. The van der Waals surface area contributed by atoms with Gasteiger partial charge in [0, 0.05) is 10.6 Å². The zero-order valence-corrected chi connectivity index (χ0v) is 10.8. The summed E-state index contributed by atoms with van der Waals surface area (Å²) in [4.78, 5) is 18.9. The summed E-state index contributed by atoms with van der Waals surface area (Å²) in [7, 11) is 1.07. The van der Waals surface area contributed by atoms with Gasteiger partial charge in [0.1, 0.15) is 0 Å². The van der Waals surface area contributed by atoms with Crippen molar-refractivity contribution in [3.8, 4) is 0 Å².